The lowest BCUT2D eigenvalue weighted by atomic mass is 10.1. The molecule has 1 aliphatic heterocycles. The molecule has 3 aromatic rings. The number of quaternary nitrogens is 2. The topological polar surface area (TPSA) is 47.8 Å². The van der Waals surface area contributed by atoms with Crippen LogP contribution in [0.5, 0.6) is 0 Å². The molecule has 0 radical (unpaired) electrons. The highest BCUT2D eigenvalue weighted by molar-refractivity contribution is 5.51. The van der Waals surface area contributed by atoms with Crippen LogP contribution in [0.25, 0.3) is 11.5 Å². The summed E-state index contributed by atoms with van der Waals surface area (Å²) in [7, 11) is 0. The first-order valence-corrected chi connectivity index (χ1v) is 9.82. The first kappa shape index (κ1) is 17.9. The zero-order valence-electron chi connectivity index (χ0n) is 16.1. The van der Waals surface area contributed by atoms with Gasteiger partial charge in [0, 0.05) is 11.1 Å². The maximum absolute atomic E-state index is 5.97. The van der Waals surface area contributed by atoms with Gasteiger partial charge in [0.25, 0.3) is 5.89 Å². The number of hydrogen-bond acceptors (Lipinski definition) is 3. The van der Waals surface area contributed by atoms with Crippen LogP contribution >= 0.6 is 0 Å². The number of benzene rings is 2. The average molecular weight is 364 g/mol. The maximum Gasteiger partial charge on any atom is 0.274 e. The van der Waals surface area contributed by atoms with E-state index in [2.05, 4.69) is 48.3 Å². The molecule has 0 bridgehead atoms. The van der Waals surface area contributed by atoms with Gasteiger partial charge in [-0.05, 0) is 31.5 Å². The van der Waals surface area contributed by atoms with Gasteiger partial charge in [0.2, 0.25) is 5.89 Å². The van der Waals surface area contributed by atoms with Crippen molar-refractivity contribution in [3.8, 4) is 11.5 Å². The lowest BCUT2D eigenvalue weighted by molar-refractivity contribution is -1.03. The molecule has 0 spiro atoms. The standard InChI is InChI=1S/C22H26N4O/c1-17-8-6-7-11-20(17)16-25-12-14-26(15-13-25)18(2)21-23-24-22(27-21)19-9-4-3-5-10-19/h3-11,18H,12-16H2,1-2H3/p+2/t18-/m0/s1. The highest BCUT2D eigenvalue weighted by Crippen LogP contribution is 2.19. The molecule has 1 fully saturated rings. The first-order valence-electron chi connectivity index (χ1n) is 9.82. The molecule has 5 heteroatoms. The number of aromatic nitrogens is 2. The van der Waals surface area contributed by atoms with Gasteiger partial charge in [-0.25, -0.2) is 0 Å². The van der Waals surface area contributed by atoms with Crippen molar-refractivity contribution in [3.63, 3.8) is 0 Å². The van der Waals surface area contributed by atoms with Crippen molar-refractivity contribution in [3.05, 3.63) is 71.6 Å². The quantitative estimate of drug-likeness (QED) is 0.713. The Bertz CT molecular complexity index is 869. The van der Waals surface area contributed by atoms with E-state index in [1.165, 1.54) is 29.1 Å². The Balaban J connectivity index is 1.36. The van der Waals surface area contributed by atoms with Crippen LogP contribution in [0.15, 0.2) is 59.0 Å². The van der Waals surface area contributed by atoms with E-state index in [1.54, 1.807) is 4.90 Å². The lowest BCUT2D eigenvalue weighted by Gasteiger charge is -2.32. The molecule has 5 nitrogen and oxygen atoms in total. The summed E-state index contributed by atoms with van der Waals surface area (Å²) in [6.07, 6.45) is 0. The molecule has 0 unspecified atom stereocenters. The Morgan fingerprint density at radius 3 is 2.37 bits per heavy atom. The third-order valence-corrected chi connectivity index (χ3v) is 5.75. The van der Waals surface area contributed by atoms with Gasteiger partial charge in [-0.3, -0.25) is 0 Å². The fraction of sp³-hybridized carbons (Fsp3) is 0.364. The summed E-state index contributed by atoms with van der Waals surface area (Å²) in [5, 5.41) is 8.57. The molecule has 2 N–H and O–H groups in total. The van der Waals surface area contributed by atoms with Crippen molar-refractivity contribution in [2.45, 2.75) is 26.4 Å². The molecule has 0 amide bonds. The molecule has 0 aliphatic carbocycles. The number of rotatable bonds is 5. The van der Waals surface area contributed by atoms with Crippen molar-refractivity contribution in [1.29, 1.82) is 0 Å². The Labute approximate surface area is 160 Å². The van der Waals surface area contributed by atoms with Crippen molar-refractivity contribution >= 4 is 0 Å². The van der Waals surface area contributed by atoms with Crippen LogP contribution < -0.4 is 9.80 Å². The summed E-state index contributed by atoms with van der Waals surface area (Å²) < 4.78 is 5.97. The van der Waals surface area contributed by atoms with Crippen LogP contribution in [0.4, 0.5) is 0 Å². The Morgan fingerprint density at radius 2 is 1.63 bits per heavy atom. The Hall–Kier alpha value is -2.50. The summed E-state index contributed by atoms with van der Waals surface area (Å²) in [4.78, 5) is 3.20. The van der Waals surface area contributed by atoms with E-state index >= 15 is 0 Å². The van der Waals surface area contributed by atoms with E-state index in [9.17, 15) is 0 Å². The minimum absolute atomic E-state index is 0.231. The summed E-state index contributed by atoms with van der Waals surface area (Å²) >= 11 is 0. The van der Waals surface area contributed by atoms with E-state index in [0.29, 0.717) is 5.89 Å². The first-order chi connectivity index (χ1) is 13.2. The lowest BCUT2D eigenvalue weighted by Crippen LogP contribution is -3.27. The summed E-state index contributed by atoms with van der Waals surface area (Å²) in [5.41, 5.74) is 3.84. The van der Waals surface area contributed by atoms with Crippen LogP contribution in [0.1, 0.15) is 30.0 Å². The van der Waals surface area contributed by atoms with Gasteiger partial charge >= 0.3 is 0 Å². The summed E-state index contributed by atoms with van der Waals surface area (Å²) in [6.45, 7) is 10.1. The SMILES string of the molecule is Cc1ccccc1C[NH+]1CC[NH+]([C@@H](C)c2nnc(-c3ccccc3)o2)CC1. The molecule has 1 saturated heterocycles. The van der Waals surface area contributed by atoms with Gasteiger partial charge in [0.15, 0.2) is 6.04 Å². The zero-order chi connectivity index (χ0) is 18.6. The fourth-order valence-electron chi connectivity index (χ4n) is 3.89. The summed E-state index contributed by atoms with van der Waals surface area (Å²) in [6, 6.07) is 18.9. The fourth-order valence-corrected chi connectivity index (χ4v) is 3.89. The van der Waals surface area contributed by atoms with Crippen LogP contribution in [-0.4, -0.2) is 36.4 Å². The van der Waals surface area contributed by atoms with Gasteiger partial charge in [-0.15, -0.1) is 10.2 Å². The number of nitrogens with one attached hydrogen (secondary N) is 2. The number of aryl methyl sites for hydroxylation is 1. The van der Waals surface area contributed by atoms with E-state index in [1.807, 2.05) is 30.3 Å². The van der Waals surface area contributed by atoms with Crippen LogP contribution in [0.3, 0.4) is 0 Å². The van der Waals surface area contributed by atoms with Crippen molar-refractivity contribution in [1.82, 2.24) is 10.2 Å². The molecule has 27 heavy (non-hydrogen) atoms. The molecule has 1 atom stereocenters. The van der Waals surface area contributed by atoms with Gasteiger partial charge in [0.05, 0.1) is 0 Å². The van der Waals surface area contributed by atoms with Crippen LogP contribution in [-0.2, 0) is 6.54 Å². The number of nitrogens with zero attached hydrogens (tertiary/aromatic N) is 2. The molecule has 1 aromatic heterocycles. The Morgan fingerprint density at radius 1 is 0.926 bits per heavy atom. The highest BCUT2D eigenvalue weighted by atomic mass is 16.4. The third-order valence-electron chi connectivity index (χ3n) is 5.75. The third kappa shape index (κ3) is 4.10. The van der Waals surface area contributed by atoms with Crippen LogP contribution in [0.2, 0.25) is 0 Å². The predicted octanol–water partition coefficient (Wildman–Crippen LogP) is 1.09. The average Bonchev–Trinajstić information content (AvgIpc) is 3.21. The van der Waals surface area contributed by atoms with Gasteiger partial charge in [-0.2, -0.15) is 0 Å². The Kier molecular flexibility index (Phi) is 5.32. The van der Waals surface area contributed by atoms with Crippen LogP contribution in [0, 0.1) is 6.92 Å². The molecular weight excluding hydrogens is 336 g/mol. The zero-order valence-corrected chi connectivity index (χ0v) is 16.1. The van der Waals surface area contributed by atoms with Gasteiger partial charge in [-0.1, -0.05) is 42.5 Å². The second-order valence-corrected chi connectivity index (χ2v) is 7.54. The minimum Gasteiger partial charge on any atom is -0.415 e. The predicted molar refractivity (Wildman–Crippen MR) is 104 cm³/mol. The van der Waals surface area contributed by atoms with Crippen molar-refractivity contribution in [2.75, 3.05) is 26.2 Å². The van der Waals surface area contributed by atoms with E-state index < -0.39 is 0 Å². The second kappa shape index (κ2) is 8.03. The maximum atomic E-state index is 5.97. The molecule has 4 rings (SSSR count). The number of piperazine rings is 1. The van der Waals surface area contributed by atoms with Gasteiger partial charge in [0.1, 0.15) is 32.7 Å². The molecule has 0 saturated carbocycles. The van der Waals surface area contributed by atoms with E-state index in [4.69, 9.17) is 4.42 Å². The molecule has 2 heterocycles. The van der Waals surface area contributed by atoms with E-state index in [0.717, 1.165) is 31.1 Å². The highest BCUT2D eigenvalue weighted by Gasteiger charge is 2.31. The smallest absolute Gasteiger partial charge is 0.274 e. The summed E-state index contributed by atoms with van der Waals surface area (Å²) in [5.74, 6) is 1.35. The normalized spacial score (nSPS) is 21.1. The van der Waals surface area contributed by atoms with E-state index in [-0.39, 0.29) is 6.04 Å². The van der Waals surface area contributed by atoms with Crippen molar-refractivity contribution < 1.29 is 14.2 Å². The molecule has 2 aromatic carbocycles. The minimum atomic E-state index is 0.231. The molecule has 140 valence electrons. The molecule has 1 aliphatic rings. The number of hydrogen-bond donors (Lipinski definition) is 2. The second-order valence-electron chi connectivity index (χ2n) is 7.54. The largest absolute Gasteiger partial charge is 0.415 e. The monoisotopic (exact) mass is 364 g/mol. The van der Waals surface area contributed by atoms with Crippen molar-refractivity contribution in [2.24, 2.45) is 0 Å². The van der Waals surface area contributed by atoms with Gasteiger partial charge < -0.3 is 14.2 Å². The molecular formula is C22H28N4O+2.